The summed E-state index contributed by atoms with van der Waals surface area (Å²) in [4.78, 5) is 7.75. The first-order chi connectivity index (χ1) is 24.7. The molecule has 8 rings (SSSR count). The molecule has 50 heavy (non-hydrogen) atoms. The molecule has 4 nitrogen and oxygen atoms in total. The van der Waals surface area contributed by atoms with Crippen LogP contribution in [-0.2, 0) is 0 Å². The van der Waals surface area contributed by atoms with Gasteiger partial charge in [0.15, 0.2) is 19.4 Å². The van der Waals surface area contributed by atoms with Crippen molar-refractivity contribution in [3.8, 4) is 22.9 Å². The second kappa shape index (κ2) is 12.6. The van der Waals surface area contributed by atoms with Crippen LogP contribution in [0.2, 0.25) is 0 Å². The van der Waals surface area contributed by atoms with Crippen LogP contribution in [0.4, 0.5) is 11.4 Å². The summed E-state index contributed by atoms with van der Waals surface area (Å²) in [6, 6.07) is 60.2. The minimum Gasteiger partial charge on any atom is -0.310 e. The first-order valence-electron chi connectivity index (χ1n) is 16.3. The molecule has 0 unspecified atom stereocenters. The number of rotatable bonds is 6. The molecule has 5 heteroatoms. The number of aromatic nitrogens is 1. The first kappa shape index (κ1) is 30.4. The Hall–Kier alpha value is -6.97. The Balaban J connectivity index is 1.51. The van der Waals surface area contributed by atoms with Crippen LogP contribution in [0.3, 0.4) is 0 Å². The summed E-state index contributed by atoms with van der Waals surface area (Å²) in [7, 11) is -3.07. The molecule has 0 radical (unpaired) electrons. The lowest BCUT2D eigenvalue weighted by molar-refractivity contribution is 1.18. The van der Waals surface area contributed by atoms with Gasteiger partial charge in [0.25, 0.3) is 0 Å². The molecule has 0 bridgehead atoms. The Kier molecular flexibility index (Phi) is 7.63. The summed E-state index contributed by atoms with van der Waals surface area (Å²) in [6.07, 6.45) is 0. The molecule has 0 aliphatic carbocycles. The van der Waals surface area contributed by atoms with E-state index in [0.717, 1.165) is 38.2 Å². The molecule has 0 fully saturated rings. The molecular weight excluding hydrogens is 625 g/mol. The lowest BCUT2D eigenvalue weighted by Crippen LogP contribution is -2.75. The van der Waals surface area contributed by atoms with E-state index in [9.17, 15) is 5.26 Å². The van der Waals surface area contributed by atoms with Gasteiger partial charge in [0.2, 0.25) is 0 Å². The molecule has 0 aliphatic rings. The van der Waals surface area contributed by atoms with Crippen LogP contribution in [-0.4, -0.2) is 12.6 Å². The molecule has 0 N–H and O–H groups in total. The number of para-hydroxylation sites is 1. The number of hydrogen-bond acceptors (Lipinski definition) is 1. The minimum absolute atomic E-state index is 0.464. The Morgan fingerprint density at radius 3 is 1.72 bits per heavy atom. The maximum atomic E-state index is 11.3. The largest absolute Gasteiger partial charge is 0.310 e. The zero-order chi connectivity index (χ0) is 34.1. The highest BCUT2D eigenvalue weighted by Crippen LogP contribution is 2.42. The van der Waals surface area contributed by atoms with Crippen molar-refractivity contribution in [3.05, 3.63) is 198 Å². The van der Waals surface area contributed by atoms with Gasteiger partial charge in [-0.1, -0.05) is 146 Å². The molecule has 0 saturated carbocycles. The second-order valence-electron chi connectivity index (χ2n) is 12.1. The van der Waals surface area contributed by atoms with Gasteiger partial charge in [0, 0.05) is 16.6 Å². The molecule has 0 atom stereocenters. The van der Waals surface area contributed by atoms with Gasteiger partial charge in [-0.3, -0.25) is 0 Å². The number of fused-ring (bicyclic) bond motifs is 3. The van der Waals surface area contributed by atoms with E-state index in [2.05, 4.69) is 111 Å². The monoisotopic (exact) mass is 652 g/mol. The summed E-state index contributed by atoms with van der Waals surface area (Å²) in [5, 5.41) is 17.8. The lowest BCUT2D eigenvalue weighted by Gasteiger charge is -2.35. The van der Waals surface area contributed by atoms with Crippen molar-refractivity contribution < 1.29 is 0 Å². The van der Waals surface area contributed by atoms with Gasteiger partial charge < -0.3 is 4.57 Å². The molecule has 0 saturated heterocycles. The van der Waals surface area contributed by atoms with Crippen molar-refractivity contribution >= 4 is 62.0 Å². The van der Waals surface area contributed by atoms with Gasteiger partial charge in [-0.2, -0.15) is 5.26 Å². The zero-order valence-electron chi connectivity index (χ0n) is 27.0. The third-order valence-corrected chi connectivity index (χ3v) is 14.5. The molecule has 8 aromatic rings. The van der Waals surface area contributed by atoms with Crippen molar-refractivity contribution in [1.29, 1.82) is 5.26 Å². The Morgan fingerprint density at radius 2 is 1.12 bits per heavy atom. The third kappa shape index (κ3) is 4.64. The number of benzene rings is 7. The van der Waals surface area contributed by atoms with E-state index in [1.165, 1.54) is 15.6 Å². The fourth-order valence-electron chi connectivity index (χ4n) is 7.60. The predicted molar refractivity (Wildman–Crippen MR) is 207 cm³/mol. The lowest BCUT2D eigenvalue weighted by atomic mass is 9.96. The summed E-state index contributed by atoms with van der Waals surface area (Å²) >= 11 is 0. The van der Waals surface area contributed by atoms with Crippen molar-refractivity contribution in [3.63, 3.8) is 0 Å². The fraction of sp³-hybridized carbons (Fsp3) is 0. The normalized spacial score (nSPS) is 11.1. The topological polar surface area (TPSA) is 37.4 Å². The van der Waals surface area contributed by atoms with E-state index >= 15 is 0 Å². The summed E-state index contributed by atoms with van der Waals surface area (Å²) in [5.41, 5.74) is 5.71. The molecule has 232 valence electrons. The van der Waals surface area contributed by atoms with Crippen LogP contribution in [0, 0.1) is 24.5 Å². The van der Waals surface area contributed by atoms with E-state index in [1.807, 2.05) is 78.9 Å². The third-order valence-electron chi connectivity index (χ3n) is 9.64. The highest BCUT2D eigenvalue weighted by Gasteiger charge is 2.43. The standard InChI is InChI=1S/C45H28N4Si/c1-47-32-28-29-42-38(30-32)36-22-12-13-25-41(36)49(42)43-26-15-24-40(48-2)45(43)37-23-14-27-44(39(37)31-46)50(33-16-6-3-7-17-33,34-18-8-4-9-19-34)35-20-10-5-11-21-35/h3-30H. The molecular formula is C45H28N4Si. The quantitative estimate of drug-likeness (QED) is 0.101. The highest BCUT2D eigenvalue weighted by atomic mass is 28.3. The Bertz CT molecular complexity index is 2580. The van der Waals surface area contributed by atoms with E-state index in [1.54, 1.807) is 0 Å². The maximum Gasteiger partial charge on any atom is 0.197 e. The van der Waals surface area contributed by atoms with Gasteiger partial charge in [-0.15, -0.1) is 0 Å². The van der Waals surface area contributed by atoms with Crippen LogP contribution in [0.1, 0.15) is 5.56 Å². The van der Waals surface area contributed by atoms with Gasteiger partial charge in [-0.05, 0) is 56.0 Å². The Morgan fingerprint density at radius 1 is 0.540 bits per heavy atom. The van der Waals surface area contributed by atoms with Crippen LogP contribution in [0.15, 0.2) is 170 Å². The van der Waals surface area contributed by atoms with Crippen molar-refractivity contribution in [2.45, 2.75) is 0 Å². The average Bonchev–Trinajstić information content (AvgIpc) is 3.52. The van der Waals surface area contributed by atoms with Gasteiger partial charge in [0.1, 0.15) is 0 Å². The van der Waals surface area contributed by atoms with Crippen LogP contribution in [0.25, 0.3) is 48.3 Å². The predicted octanol–water partition coefficient (Wildman–Crippen LogP) is 8.80. The summed E-state index contributed by atoms with van der Waals surface area (Å²) < 4.78 is 2.17. The number of nitriles is 1. The average molecular weight is 653 g/mol. The molecule has 1 aromatic heterocycles. The number of hydrogen-bond donors (Lipinski definition) is 0. The fourth-order valence-corrected chi connectivity index (χ4v) is 12.5. The van der Waals surface area contributed by atoms with Gasteiger partial charge in [0.05, 0.1) is 35.8 Å². The second-order valence-corrected chi connectivity index (χ2v) is 15.9. The van der Waals surface area contributed by atoms with E-state index in [-0.39, 0.29) is 0 Å². The van der Waals surface area contributed by atoms with Gasteiger partial charge >= 0.3 is 0 Å². The smallest absolute Gasteiger partial charge is 0.197 e. The molecule has 0 aliphatic heterocycles. The van der Waals surface area contributed by atoms with Gasteiger partial charge in [-0.25, -0.2) is 9.69 Å². The number of nitrogens with zero attached hydrogens (tertiary/aromatic N) is 4. The van der Waals surface area contributed by atoms with Crippen LogP contribution < -0.4 is 20.7 Å². The van der Waals surface area contributed by atoms with Crippen molar-refractivity contribution in [1.82, 2.24) is 4.57 Å². The molecule has 7 aromatic carbocycles. The maximum absolute atomic E-state index is 11.3. The van der Waals surface area contributed by atoms with Crippen molar-refractivity contribution in [2.24, 2.45) is 0 Å². The zero-order valence-corrected chi connectivity index (χ0v) is 28.0. The SMILES string of the molecule is [C-]#[N+]c1ccc2c(c1)c1ccccc1n2-c1cccc([N+]#[C-])c1-c1cccc([Si](c2ccccc2)(c2ccccc2)c2ccccc2)c1C#N. The van der Waals surface area contributed by atoms with Crippen LogP contribution >= 0.6 is 0 Å². The highest BCUT2D eigenvalue weighted by molar-refractivity contribution is 7.20. The minimum atomic E-state index is -3.07. The first-order valence-corrected chi connectivity index (χ1v) is 18.3. The molecule has 1 heterocycles. The van der Waals surface area contributed by atoms with E-state index in [4.69, 9.17) is 13.1 Å². The summed E-state index contributed by atoms with van der Waals surface area (Å²) in [6.45, 7) is 16.0. The Labute approximate surface area is 292 Å². The van der Waals surface area contributed by atoms with E-state index in [0.29, 0.717) is 22.5 Å². The van der Waals surface area contributed by atoms with E-state index < -0.39 is 8.07 Å². The summed E-state index contributed by atoms with van der Waals surface area (Å²) in [5.74, 6) is 0. The van der Waals surface area contributed by atoms with Crippen LogP contribution in [0.5, 0.6) is 0 Å². The molecule has 0 amide bonds. The molecule has 0 spiro atoms. The van der Waals surface area contributed by atoms with Crippen molar-refractivity contribution in [2.75, 3.05) is 0 Å².